The van der Waals surface area contributed by atoms with Crippen molar-refractivity contribution in [3.8, 4) is 6.01 Å². The molecule has 0 aliphatic carbocycles. The van der Waals surface area contributed by atoms with Crippen LogP contribution in [0.1, 0.15) is 11.3 Å². The minimum absolute atomic E-state index is 0.00450. The topological polar surface area (TPSA) is 98.7 Å². The summed E-state index contributed by atoms with van der Waals surface area (Å²) in [5, 5.41) is 9.31. The molecule has 176 valence electrons. The molecule has 2 aliphatic heterocycles. The Morgan fingerprint density at radius 2 is 1.82 bits per heavy atom. The quantitative estimate of drug-likeness (QED) is 0.510. The van der Waals surface area contributed by atoms with Crippen LogP contribution in [0.3, 0.4) is 0 Å². The van der Waals surface area contributed by atoms with Crippen molar-refractivity contribution in [2.24, 2.45) is 0 Å². The first-order valence-corrected chi connectivity index (χ1v) is 11.0. The number of nitrogens with zero attached hydrogens (tertiary/aromatic N) is 2. The zero-order valence-electron chi connectivity index (χ0n) is 17.5. The second kappa shape index (κ2) is 9.47. The maximum absolute atomic E-state index is 13.9. The van der Waals surface area contributed by atoms with Crippen LogP contribution < -0.4 is 4.74 Å². The number of fused-ring (bicyclic) bond motifs is 2. The predicted octanol–water partition coefficient (Wildman–Crippen LogP) is 2.60. The molecule has 0 bridgehead atoms. The number of halogens is 3. The molecule has 0 radical (unpaired) electrons. The second-order valence-electron chi connectivity index (χ2n) is 7.92. The van der Waals surface area contributed by atoms with Gasteiger partial charge in [0.2, 0.25) is 0 Å². The van der Waals surface area contributed by atoms with Gasteiger partial charge >= 0.3 is 0 Å². The van der Waals surface area contributed by atoms with E-state index in [0.717, 1.165) is 0 Å². The Balaban J connectivity index is 1.28. The SMILES string of the molecule is OCCO[C@@H]1CO[C@H]2[C@@H]1OC[C@H]2Oc1nc2nc(CCc3c(F)cccc3F)c(Cl)cc2[nH]1. The van der Waals surface area contributed by atoms with Gasteiger partial charge in [0.05, 0.1) is 42.7 Å². The molecule has 11 heteroatoms. The Morgan fingerprint density at radius 1 is 1.09 bits per heavy atom. The maximum atomic E-state index is 13.9. The zero-order valence-corrected chi connectivity index (χ0v) is 18.2. The summed E-state index contributed by atoms with van der Waals surface area (Å²) in [6.45, 7) is 0.811. The minimum Gasteiger partial charge on any atom is -0.456 e. The van der Waals surface area contributed by atoms with E-state index in [9.17, 15) is 8.78 Å². The summed E-state index contributed by atoms with van der Waals surface area (Å²) in [6, 6.07) is 5.67. The largest absolute Gasteiger partial charge is 0.456 e. The second-order valence-corrected chi connectivity index (χ2v) is 8.32. The highest BCUT2D eigenvalue weighted by Crippen LogP contribution is 2.31. The Bertz CT molecular complexity index is 1130. The van der Waals surface area contributed by atoms with E-state index in [2.05, 4.69) is 15.0 Å². The third-order valence-corrected chi connectivity index (χ3v) is 6.13. The number of aliphatic hydroxyl groups excluding tert-OH is 1. The number of hydrogen-bond donors (Lipinski definition) is 2. The fourth-order valence-corrected chi connectivity index (χ4v) is 4.44. The lowest BCUT2D eigenvalue weighted by Gasteiger charge is -2.16. The molecule has 3 aromatic rings. The highest BCUT2D eigenvalue weighted by molar-refractivity contribution is 6.31. The molecule has 2 saturated heterocycles. The average molecular weight is 482 g/mol. The van der Waals surface area contributed by atoms with Gasteiger partial charge < -0.3 is 29.0 Å². The lowest BCUT2D eigenvalue weighted by Crippen LogP contribution is -2.36. The van der Waals surface area contributed by atoms with Gasteiger partial charge in [-0.3, -0.25) is 0 Å². The van der Waals surface area contributed by atoms with Crippen molar-refractivity contribution in [3.05, 3.63) is 52.2 Å². The molecule has 1 aromatic carbocycles. The number of aromatic amines is 1. The summed E-state index contributed by atoms with van der Waals surface area (Å²) in [5.74, 6) is -1.20. The summed E-state index contributed by atoms with van der Waals surface area (Å²) < 4.78 is 50.9. The molecule has 0 saturated carbocycles. The number of rotatable bonds is 8. The fourth-order valence-electron chi connectivity index (χ4n) is 4.20. The number of aliphatic hydroxyl groups is 1. The van der Waals surface area contributed by atoms with Gasteiger partial charge in [-0.15, -0.1) is 0 Å². The summed E-state index contributed by atoms with van der Waals surface area (Å²) in [4.78, 5) is 11.9. The number of benzene rings is 1. The summed E-state index contributed by atoms with van der Waals surface area (Å²) >= 11 is 6.35. The predicted molar refractivity (Wildman–Crippen MR) is 113 cm³/mol. The summed E-state index contributed by atoms with van der Waals surface area (Å²) in [7, 11) is 0. The summed E-state index contributed by atoms with van der Waals surface area (Å²) in [6.07, 6.45) is -0.873. The first-order valence-electron chi connectivity index (χ1n) is 10.6. The van der Waals surface area contributed by atoms with Crippen molar-refractivity contribution in [2.75, 3.05) is 26.4 Å². The molecule has 2 aromatic heterocycles. The number of ether oxygens (including phenoxy) is 4. The van der Waals surface area contributed by atoms with Crippen molar-refractivity contribution in [1.29, 1.82) is 0 Å². The van der Waals surface area contributed by atoms with Crippen LogP contribution in [0.4, 0.5) is 8.78 Å². The molecule has 5 rings (SSSR count). The molecule has 2 N–H and O–H groups in total. The van der Waals surface area contributed by atoms with Gasteiger partial charge in [-0.2, -0.15) is 4.98 Å². The smallest absolute Gasteiger partial charge is 0.296 e. The first-order chi connectivity index (χ1) is 16.0. The van der Waals surface area contributed by atoms with Crippen molar-refractivity contribution in [3.63, 3.8) is 0 Å². The van der Waals surface area contributed by atoms with Crippen molar-refractivity contribution >= 4 is 22.8 Å². The average Bonchev–Trinajstić information content (AvgIpc) is 3.48. The van der Waals surface area contributed by atoms with E-state index >= 15 is 0 Å². The summed E-state index contributed by atoms with van der Waals surface area (Å²) in [5.41, 5.74) is 1.43. The van der Waals surface area contributed by atoms with Crippen LogP contribution in [0.5, 0.6) is 6.01 Å². The highest BCUT2D eigenvalue weighted by Gasteiger charge is 2.49. The lowest BCUT2D eigenvalue weighted by atomic mass is 10.1. The fraction of sp³-hybridized carbons (Fsp3) is 0.455. The van der Waals surface area contributed by atoms with E-state index in [1.54, 1.807) is 6.07 Å². The normalized spacial score (nSPS) is 24.5. The van der Waals surface area contributed by atoms with E-state index in [1.807, 2.05) is 0 Å². The van der Waals surface area contributed by atoms with Gasteiger partial charge in [0, 0.05) is 5.56 Å². The molecular formula is C22H22ClF2N3O5. The number of aryl methyl sites for hydroxylation is 1. The number of H-pyrrole nitrogens is 1. The van der Waals surface area contributed by atoms with Gasteiger partial charge in [0.25, 0.3) is 6.01 Å². The molecule has 0 spiro atoms. The van der Waals surface area contributed by atoms with Gasteiger partial charge in [-0.05, 0) is 31.0 Å². The Kier molecular flexibility index (Phi) is 6.44. The van der Waals surface area contributed by atoms with Gasteiger partial charge in [0.15, 0.2) is 11.8 Å². The standard InChI is InChI=1S/C22H22ClF2N3O5/c23-12-8-16-21(26-15(12)5-4-11-13(24)2-1-3-14(11)25)28-22(27-16)33-18-10-32-19-17(30-7-6-29)9-31-20(18)19/h1-3,8,17-20,29H,4-7,9-10H2,(H,26,27,28)/t17-,18-,19-,20-/m1/s1. The Hall–Kier alpha value is -2.37. The molecule has 2 fully saturated rings. The molecule has 0 amide bonds. The van der Waals surface area contributed by atoms with Crippen molar-refractivity contribution < 1.29 is 32.8 Å². The van der Waals surface area contributed by atoms with E-state index in [0.29, 0.717) is 35.1 Å². The van der Waals surface area contributed by atoms with Crippen LogP contribution in [-0.2, 0) is 27.1 Å². The monoisotopic (exact) mass is 481 g/mol. The molecule has 4 heterocycles. The van der Waals surface area contributed by atoms with Crippen LogP contribution in [0.25, 0.3) is 11.2 Å². The molecule has 8 nitrogen and oxygen atoms in total. The van der Waals surface area contributed by atoms with Crippen LogP contribution in [0, 0.1) is 11.6 Å². The van der Waals surface area contributed by atoms with Crippen LogP contribution in [0.15, 0.2) is 24.3 Å². The van der Waals surface area contributed by atoms with E-state index in [-0.39, 0.29) is 55.9 Å². The molecule has 4 atom stereocenters. The van der Waals surface area contributed by atoms with E-state index in [4.69, 9.17) is 35.7 Å². The number of aromatic nitrogens is 3. The molecular weight excluding hydrogens is 460 g/mol. The van der Waals surface area contributed by atoms with Gasteiger partial charge in [0.1, 0.15) is 29.9 Å². The third kappa shape index (κ3) is 4.53. The third-order valence-electron chi connectivity index (χ3n) is 5.80. The minimum atomic E-state index is -0.599. The van der Waals surface area contributed by atoms with Gasteiger partial charge in [-0.1, -0.05) is 17.7 Å². The number of hydrogen-bond acceptors (Lipinski definition) is 7. The van der Waals surface area contributed by atoms with Crippen molar-refractivity contribution in [2.45, 2.75) is 37.3 Å². The molecule has 2 aliphatic rings. The lowest BCUT2D eigenvalue weighted by molar-refractivity contribution is -0.0444. The Labute approximate surface area is 192 Å². The maximum Gasteiger partial charge on any atom is 0.296 e. The highest BCUT2D eigenvalue weighted by atomic mass is 35.5. The Morgan fingerprint density at radius 3 is 2.58 bits per heavy atom. The number of nitrogens with one attached hydrogen (secondary N) is 1. The molecule has 33 heavy (non-hydrogen) atoms. The molecule has 0 unspecified atom stereocenters. The number of imidazole rings is 1. The van der Waals surface area contributed by atoms with Crippen LogP contribution >= 0.6 is 11.6 Å². The van der Waals surface area contributed by atoms with Crippen LogP contribution in [-0.4, -0.2) is 70.9 Å². The van der Waals surface area contributed by atoms with Gasteiger partial charge in [-0.25, -0.2) is 13.8 Å². The van der Waals surface area contributed by atoms with E-state index < -0.39 is 17.7 Å². The van der Waals surface area contributed by atoms with Crippen molar-refractivity contribution in [1.82, 2.24) is 15.0 Å². The van der Waals surface area contributed by atoms with E-state index in [1.165, 1.54) is 18.2 Å². The zero-order chi connectivity index (χ0) is 22.9. The first kappa shape index (κ1) is 22.4. The number of pyridine rings is 1. The van der Waals surface area contributed by atoms with Crippen LogP contribution in [0.2, 0.25) is 5.02 Å².